The summed E-state index contributed by atoms with van der Waals surface area (Å²) in [5.74, 6) is -0.102. The third kappa shape index (κ3) is 3.20. The molecule has 1 atom stereocenters. The van der Waals surface area contributed by atoms with Crippen LogP contribution in [0, 0.1) is 0 Å². The minimum absolute atomic E-state index is 0.102. The summed E-state index contributed by atoms with van der Waals surface area (Å²) < 4.78 is 1.71. The van der Waals surface area contributed by atoms with Crippen LogP contribution in [0.15, 0.2) is 42.7 Å². The van der Waals surface area contributed by atoms with Crippen LogP contribution >= 0.6 is 0 Å². The normalized spacial score (nSPS) is 12.2. The molecule has 19 heavy (non-hydrogen) atoms. The SMILES string of the molecule is CN(Cc1cnn(C)c1)C(=O)[C@@H](N)c1ccccc1. The highest BCUT2D eigenvalue weighted by Crippen LogP contribution is 2.13. The van der Waals surface area contributed by atoms with Gasteiger partial charge < -0.3 is 10.6 Å². The molecule has 0 spiro atoms. The lowest BCUT2D eigenvalue weighted by molar-refractivity contribution is -0.131. The Balaban J connectivity index is 2.03. The zero-order valence-electron chi connectivity index (χ0n) is 11.2. The van der Waals surface area contributed by atoms with Gasteiger partial charge in [0.2, 0.25) is 5.91 Å². The molecule has 1 aromatic carbocycles. The fourth-order valence-corrected chi connectivity index (χ4v) is 1.95. The molecule has 0 fully saturated rings. The Morgan fingerprint density at radius 1 is 1.42 bits per heavy atom. The number of hydrogen-bond acceptors (Lipinski definition) is 3. The Morgan fingerprint density at radius 2 is 2.11 bits per heavy atom. The van der Waals surface area contributed by atoms with E-state index < -0.39 is 6.04 Å². The number of hydrogen-bond donors (Lipinski definition) is 1. The first-order valence-electron chi connectivity index (χ1n) is 6.11. The van der Waals surface area contributed by atoms with E-state index >= 15 is 0 Å². The van der Waals surface area contributed by atoms with Crippen molar-refractivity contribution in [2.45, 2.75) is 12.6 Å². The molecule has 5 nitrogen and oxygen atoms in total. The van der Waals surface area contributed by atoms with Crippen LogP contribution in [0.4, 0.5) is 0 Å². The van der Waals surface area contributed by atoms with Gasteiger partial charge in [-0.3, -0.25) is 9.48 Å². The fraction of sp³-hybridized carbons (Fsp3) is 0.286. The molecule has 1 amide bonds. The van der Waals surface area contributed by atoms with Crippen molar-refractivity contribution in [3.8, 4) is 0 Å². The second kappa shape index (κ2) is 5.67. The van der Waals surface area contributed by atoms with E-state index in [2.05, 4.69) is 5.10 Å². The first kappa shape index (κ1) is 13.3. The number of aromatic nitrogens is 2. The molecule has 0 aliphatic carbocycles. The first-order valence-corrected chi connectivity index (χ1v) is 6.11. The zero-order valence-corrected chi connectivity index (χ0v) is 11.2. The van der Waals surface area contributed by atoms with E-state index in [9.17, 15) is 4.79 Å². The van der Waals surface area contributed by atoms with Crippen molar-refractivity contribution in [3.05, 3.63) is 53.9 Å². The number of aryl methyl sites for hydroxylation is 1. The number of nitrogens with two attached hydrogens (primary N) is 1. The average molecular weight is 258 g/mol. The van der Waals surface area contributed by atoms with E-state index in [-0.39, 0.29) is 5.91 Å². The van der Waals surface area contributed by atoms with Crippen molar-refractivity contribution in [2.24, 2.45) is 12.8 Å². The molecule has 0 bridgehead atoms. The molecule has 0 radical (unpaired) electrons. The third-order valence-electron chi connectivity index (χ3n) is 2.98. The molecule has 1 aromatic heterocycles. The monoisotopic (exact) mass is 258 g/mol. The minimum atomic E-state index is -0.622. The molecule has 5 heteroatoms. The van der Waals surface area contributed by atoms with Crippen LogP contribution in [0.1, 0.15) is 17.2 Å². The van der Waals surface area contributed by atoms with E-state index in [1.807, 2.05) is 43.6 Å². The molecule has 0 aliphatic heterocycles. The Hall–Kier alpha value is -2.14. The van der Waals surface area contributed by atoms with Crippen molar-refractivity contribution in [1.29, 1.82) is 0 Å². The molecular formula is C14H18N4O. The number of rotatable bonds is 4. The van der Waals surface area contributed by atoms with Crippen LogP contribution in [0.25, 0.3) is 0 Å². The van der Waals surface area contributed by atoms with Gasteiger partial charge in [-0.15, -0.1) is 0 Å². The largest absolute Gasteiger partial charge is 0.340 e. The minimum Gasteiger partial charge on any atom is -0.340 e. The van der Waals surface area contributed by atoms with Gasteiger partial charge in [-0.05, 0) is 5.56 Å². The number of carbonyl (C=O) groups excluding carboxylic acids is 1. The topological polar surface area (TPSA) is 64.2 Å². The van der Waals surface area contributed by atoms with Gasteiger partial charge in [-0.25, -0.2) is 0 Å². The summed E-state index contributed by atoms with van der Waals surface area (Å²) >= 11 is 0. The summed E-state index contributed by atoms with van der Waals surface area (Å²) in [7, 11) is 3.60. The Kier molecular flexibility index (Phi) is 3.97. The maximum atomic E-state index is 12.2. The highest BCUT2D eigenvalue weighted by atomic mass is 16.2. The summed E-state index contributed by atoms with van der Waals surface area (Å²) in [6.07, 6.45) is 3.63. The van der Waals surface area contributed by atoms with Gasteiger partial charge >= 0.3 is 0 Å². The quantitative estimate of drug-likeness (QED) is 0.892. The molecule has 0 saturated heterocycles. The van der Waals surface area contributed by atoms with Crippen molar-refractivity contribution in [1.82, 2.24) is 14.7 Å². The molecular weight excluding hydrogens is 240 g/mol. The average Bonchev–Trinajstić information content (AvgIpc) is 2.83. The predicted molar refractivity (Wildman–Crippen MR) is 73.1 cm³/mol. The molecule has 0 aliphatic rings. The maximum absolute atomic E-state index is 12.2. The highest BCUT2D eigenvalue weighted by Gasteiger charge is 2.19. The second-order valence-electron chi connectivity index (χ2n) is 4.60. The van der Waals surface area contributed by atoms with Gasteiger partial charge in [0.15, 0.2) is 0 Å². The standard InChI is InChI=1S/C14H18N4O/c1-17(9-11-8-16-18(2)10-11)14(19)13(15)12-6-4-3-5-7-12/h3-8,10,13H,9,15H2,1-2H3/t13-/m0/s1. The van der Waals surface area contributed by atoms with Crippen LogP contribution < -0.4 is 5.73 Å². The van der Waals surface area contributed by atoms with Gasteiger partial charge in [-0.1, -0.05) is 30.3 Å². The number of carbonyl (C=O) groups is 1. The lowest BCUT2D eigenvalue weighted by Gasteiger charge is -2.21. The van der Waals surface area contributed by atoms with Gasteiger partial charge in [0.05, 0.1) is 6.20 Å². The molecule has 2 aromatic rings. The second-order valence-corrected chi connectivity index (χ2v) is 4.60. The molecule has 100 valence electrons. The van der Waals surface area contributed by atoms with Gasteiger partial charge in [0, 0.05) is 32.4 Å². The van der Waals surface area contributed by atoms with Gasteiger partial charge in [0.25, 0.3) is 0 Å². The van der Waals surface area contributed by atoms with Crippen molar-refractivity contribution < 1.29 is 4.79 Å². The first-order chi connectivity index (χ1) is 9.08. The summed E-state index contributed by atoms with van der Waals surface area (Å²) in [5.41, 5.74) is 7.80. The molecule has 0 unspecified atom stereocenters. The summed E-state index contributed by atoms with van der Waals surface area (Å²) in [4.78, 5) is 13.8. The van der Waals surface area contributed by atoms with E-state index in [0.29, 0.717) is 6.54 Å². The number of nitrogens with zero attached hydrogens (tertiary/aromatic N) is 3. The number of amides is 1. The Labute approximate surface area is 112 Å². The third-order valence-corrected chi connectivity index (χ3v) is 2.98. The van der Waals surface area contributed by atoms with Crippen molar-refractivity contribution >= 4 is 5.91 Å². The fourth-order valence-electron chi connectivity index (χ4n) is 1.95. The molecule has 1 heterocycles. The Morgan fingerprint density at radius 3 is 2.68 bits per heavy atom. The molecule has 2 rings (SSSR count). The highest BCUT2D eigenvalue weighted by molar-refractivity contribution is 5.82. The zero-order chi connectivity index (χ0) is 13.8. The lowest BCUT2D eigenvalue weighted by atomic mass is 10.1. The van der Waals surface area contributed by atoms with E-state index in [1.165, 1.54) is 0 Å². The van der Waals surface area contributed by atoms with Crippen LogP contribution in [0.3, 0.4) is 0 Å². The summed E-state index contributed by atoms with van der Waals surface area (Å²) in [5, 5.41) is 4.08. The van der Waals surface area contributed by atoms with Crippen LogP contribution in [-0.4, -0.2) is 27.6 Å². The van der Waals surface area contributed by atoms with Crippen molar-refractivity contribution in [3.63, 3.8) is 0 Å². The maximum Gasteiger partial charge on any atom is 0.244 e. The van der Waals surface area contributed by atoms with E-state index in [1.54, 1.807) is 22.8 Å². The van der Waals surface area contributed by atoms with Crippen LogP contribution in [0.5, 0.6) is 0 Å². The summed E-state index contributed by atoms with van der Waals surface area (Å²) in [6.45, 7) is 0.507. The number of likely N-dealkylation sites (N-methyl/N-ethyl adjacent to an activating group) is 1. The lowest BCUT2D eigenvalue weighted by Crippen LogP contribution is -2.35. The number of benzene rings is 1. The predicted octanol–water partition coefficient (Wildman–Crippen LogP) is 1.08. The Bertz CT molecular complexity index is 550. The molecule has 2 N–H and O–H groups in total. The van der Waals surface area contributed by atoms with E-state index in [0.717, 1.165) is 11.1 Å². The van der Waals surface area contributed by atoms with E-state index in [4.69, 9.17) is 5.73 Å². The van der Waals surface area contributed by atoms with Crippen molar-refractivity contribution in [2.75, 3.05) is 7.05 Å². The molecule has 0 saturated carbocycles. The smallest absolute Gasteiger partial charge is 0.244 e. The summed E-state index contributed by atoms with van der Waals surface area (Å²) in [6, 6.07) is 8.76. The van der Waals surface area contributed by atoms with Gasteiger partial charge in [-0.2, -0.15) is 5.10 Å². The van der Waals surface area contributed by atoms with Gasteiger partial charge in [0.1, 0.15) is 6.04 Å². The van der Waals surface area contributed by atoms with Crippen LogP contribution in [-0.2, 0) is 18.4 Å². The van der Waals surface area contributed by atoms with Crippen LogP contribution in [0.2, 0.25) is 0 Å².